The maximum absolute atomic E-state index is 10.6. The summed E-state index contributed by atoms with van der Waals surface area (Å²) in [5, 5.41) is 0. The second kappa shape index (κ2) is 4.55. The van der Waals surface area contributed by atoms with E-state index in [1.807, 2.05) is 0 Å². The molecule has 0 heterocycles. The van der Waals surface area contributed by atoms with Crippen molar-refractivity contribution < 1.29 is 46.3 Å². The summed E-state index contributed by atoms with van der Waals surface area (Å²) in [7, 11) is -14.8. The molecule has 0 aliphatic carbocycles. The monoisotopic (exact) mass is 270 g/mol. The van der Waals surface area contributed by atoms with Gasteiger partial charge in [0.15, 0.2) is 0 Å². The van der Waals surface area contributed by atoms with Gasteiger partial charge >= 0.3 is 23.5 Å². The lowest BCUT2D eigenvalue weighted by molar-refractivity contribution is 0.208. The number of phosphoric acid groups is 3. The Balaban J connectivity index is 4.60. The highest BCUT2D eigenvalue weighted by molar-refractivity contribution is 7.66. The highest BCUT2D eigenvalue weighted by atomic mass is 31.3. The smallest absolute Gasteiger partial charge is 0.358 e. The van der Waals surface area contributed by atoms with Crippen molar-refractivity contribution in [2.45, 2.75) is 0 Å². The lowest BCUT2D eigenvalue weighted by Gasteiger charge is -2.14. The summed E-state index contributed by atoms with van der Waals surface area (Å²) in [6, 6.07) is 0. The summed E-state index contributed by atoms with van der Waals surface area (Å²) in [6.45, 7) is 0. The van der Waals surface area contributed by atoms with E-state index >= 15 is 0 Å². The normalized spacial score (nSPS) is 21.1. The van der Waals surface area contributed by atoms with Crippen molar-refractivity contribution in [3.63, 3.8) is 0 Å². The van der Waals surface area contributed by atoms with Crippen LogP contribution in [0.3, 0.4) is 0 Å². The van der Waals surface area contributed by atoms with Crippen LogP contribution >= 0.6 is 23.5 Å². The molecule has 0 aromatic carbocycles. The fourth-order valence-electron chi connectivity index (χ4n) is 0.313. The van der Waals surface area contributed by atoms with Crippen LogP contribution in [0.1, 0.15) is 0 Å². The molecule has 14 heavy (non-hydrogen) atoms. The Morgan fingerprint density at radius 1 is 0.857 bits per heavy atom. The first-order valence-corrected chi connectivity index (χ1v) is 7.19. The minimum atomic E-state index is -5.35. The van der Waals surface area contributed by atoms with Gasteiger partial charge < -0.3 is 24.0 Å². The molecule has 0 bridgehead atoms. The van der Waals surface area contributed by atoms with Crippen LogP contribution in [0.5, 0.6) is 0 Å². The van der Waals surface area contributed by atoms with E-state index in [0.29, 0.717) is 8.05 Å². The summed E-state index contributed by atoms with van der Waals surface area (Å²) < 4.78 is 41.6. The molecule has 0 aromatic heterocycles. The molecule has 4 N–H and O–H groups in total. The first-order chi connectivity index (χ1) is 5.97. The van der Waals surface area contributed by atoms with Gasteiger partial charge in [-0.15, -0.1) is 0 Å². The van der Waals surface area contributed by atoms with Crippen molar-refractivity contribution >= 4 is 31.5 Å². The summed E-state index contributed by atoms with van der Waals surface area (Å²) in [4.78, 5) is 33.2. The Morgan fingerprint density at radius 2 is 1.29 bits per heavy atom. The topological polar surface area (TPSA) is 160 Å². The predicted molar refractivity (Wildman–Crippen MR) is 43.5 cm³/mol. The first-order valence-electron chi connectivity index (χ1n) is 2.67. The molecule has 2 unspecified atom stereocenters. The molecule has 0 saturated heterocycles. The zero-order valence-corrected chi connectivity index (χ0v) is 9.26. The number of hydrogen-bond donors (Lipinski definition) is 4. The van der Waals surface area contributed by atoms with E-state index in [4.69, 9.17) is 19.6 Å². The third-order valence-corrected chi connectivity index (χ3v) is 4.44. The quantitative estimate of drug-likeness (QED) is 0.355. The van der Waals surface area contributed by atoms with Gasteiger partial charge in [-0.25, -0.2) is 13.7 Å². The molecule has 0 saturated carbocycles. The summed E-state index contributed by atoms with van der Waals surface area (Å²) in [6.07, 6.45) is 0. The largest absolute Gasteiger partial charge is 0.490 e. The molecule has 0 radical (unpaired) electrons. The van der Waals surface area contributed by atoms with Crippen molar-refractivity contribution in [2.24, 2.45) is 0 Å². The van der Waals surface area contributed by atoms with Gasteiger partial charge in [0.05, 0.1) is 0 Å². The first kappa shape index (κ1) is 14.5. The number of rotatable bonds is 5. The molecule has 0 aliphatic rings. The maximum Gasteiger partial charge on any atom is 0.490 e. The molecule has 14 heteroatoms. The van der Waals surface area contributed by atoms with E-state index in [0.717, 1.165) is 0 Å². The molecule has 0 fully saturated rings. The second-order valence-corrected chi connectivity index (χ2v) is 6.30. The zero-order chi connectivity index (χ0) is 11.6. The molecular formula is H6BO10P3. The fourth-order valence-corrected chi connectivity index (χ4v) is 3.09. The molecular weight excluding hydrogens is 264 g/mol. The van der Waals surface area contributed by atoms with Crippen molar-refractivity contribution in [1.82, 2.24) is 0 Å². The average Bonchev–Trinajstić information content (AvgIpc) is 1.78. The molecule has 84 valence electrons. The maximum atomic E-state index is 10.6. The molecule has 0 rings (SSSR count). The van der Waals surface area contributed by atoms with Crippen LogP contribution in [0.2, 0.25) is 0 Å². The van der Waals surface area contributed by atoms with Crippen molar-refractivity contribution in [3.8, 4) is 0 Å². The van der Waals surface area contributed by atoms with E-state index in [2.05, 4.69) is 13.1 Å². The van der Waals surface area contributed by atoms with E-state index in [1.54, 1.807) is 0 Å². The second-order valence-electron chi connectivity index (χ2n) is 1.77. The van der Waals surface area contributed by atoms with Gasteiger partial charge in [-0.3, -0.25) is 0 Å². The highest BCUT2D eigenvalue weighted by Crippen LogP contribution is 2.65. The van der Waals surface area contributed by atoms with Crippen molar-refractivity contribution in [2.75, 3.05) is 0 Å². The van der Waals surface area contributed by atoms with Crippen molar-refractivity contribution in [1.29, 1.82) is 0 Å². The minimum absolute atomic E-state index is 0.679. The molecule has 0 spiro atoms. The SMILES string of the molecule is BOP(=O)(O)OP(=O)(O)OP(=O)(O)O. The van der Waals surface area contributed by atoms with Gasteiger partial charge in [0.25, 0.3) is 8.05 Å². The zero-order valence-electron chi connectivity index (χ0n) is 6.58. The van der Waals surface area contributed by atoms with Gasteiger partial charge in [0, 0.05) is 0 Å². The van der Waals surface area contributed by atoms with Crippen LogP contribution in [0.4, 0.5) is 0 Å². The Hall–Kier alpha value is 0.475. The molecule has 0 aliphatic heterocycles. The Bertz CT molecular complexity index is 324. The average molecular weight is 270 g/mol. The Morgan fingerprint density at radius 3 is 1.57 bits per heavy atom. The predicted octanol–water partition coefficient (Wildman–Crippen LogP) is -1.12. The standard InChI is InChI=1S/BH6O10P3/c1-9-13(5,6)11-14(7,8)10-12(2,3)4/h1H2,(H,5,6)(H,7,8)(H2,2,3,4). The van der Waals surface area contributed by atoms with E-state index in [-0.39, 0.29) is 0 Å². The van der Waals surface area contributed by atoms with Gasteiger partial charge in [-0.2, -0.15) is 8.62 Å². The molecule has 0 amide bonds. The van der Waals surface area contributed by atoms with Crippen LogP contribution in [0, 0.1) is 0 Å². The van der Waals surface area contributed by atoms with Crippen molar-refractivity contribution in [3.05, 3.63) is 0 Å². The van der Waals surface area contributed by atoms with Gasteiger partial charge in [0.2, 0.25) is 0 Å². The summed E-state index contributed by atoms with van der Waals surface area (Å²) >= 11 is 0. The Labute approximate surface area is 78.7 Å². The minimum Gasteiger partial charge on any atom is -0.358 e. The molecule has 10 nitrogen and oxygen atoms in total. The molecule has 0 aromatic rings. The third-order valence-electron chi connectivity index (χ3n) is 0.647. The Kier molecular flexibility index (Phi) is 4.70. The van der Waals surface area contributed by atoms with Crippen LogP contribution in [0.15, 0.2) is 0 Å². The summed E-state index contributed by atoms with van der Waals surface area (Å²) in [5.74, 6) is 0. The van der Waals surface area contributed by atoms with Crippen LogP contribution in [-0.4, -0.2) is 27.6 Å². The van der Waals surface area contributed by atoms with E-state index in [9.17, 15) is 13.7 Å². The van der Waals surface area contributed by atoms with Crippen LogP contribution < -0.4 is 0 Å². The third kappa shape index (κ3) is 6.86. The molecule has 2 atom stereocenters. The van der Waals surface area contributed by atoms with Gasteiger partial charge in [-0.05, 0) is 0 Å². The van der Waals surface area contributed by atoms with Gasteiger partial charge in [-0.1, -0.05) is 0 Å². The van der Waals surface area contributed by atoms with E-state index in [1.165, 1.54) is 0 Å². The van der Waals surface area contributed by atoms with Gasteiger partial charge in [0.1, 0.15) is 0 Å². The lowest BCUT2D eigenvalue weighted by Crippen LogP contribution is -1.94. The van der Waals surface area contributed by atoms with E-state index < -0.39 is 23.5 Å². The summed E-state index contributed by atoms with van der Waals surface area (Å²) in [5.41, 5.74) is 0. The fraction of sp³-hybridized carbons (Fsp3) is 0. The highest BCUT2D eigenvalue weighted by Gasteiger charge is 2.39. The number of hydrogen-bond acceptors (Lipinski definition) is 6. The van der Waals surface area contributed by atoms with Crippen LogP contribution in [-0.2, 0) is 26.8 Å². The lowest BCUT2D eigenvalue weighted by atomic mass is 10.6. The van der Waals surface area contributed by atoms with Crippen LogP contribution in [0.25, 0.3) is 0 Å².